The Morgan fingerprint density at radius 2 is 2.04 bits per heavy atom. The number of fused-ring (bicyclic) bond motifs is 2. The normalized spacial score (nSPS) is 31.9. The quantitative estimate of drug-likeness (QED) is 0.901. The van der Waals surface area contributed by atoms with Crippen molar-refractivity contribution in [3.63, 3.8) is 0 Å². The van der Waals surface area contributed by atoms with Crippen molar-refractivity contribution in [3.8, 4) is 0 Å². The molecule has 130 valence electrons. The molecule has 2 aliphatic rings. The highest BCUT2D eigenvalue weighted by atomic mass is 16.8. The molecule has 4 atom stereocenters. The second-order valence-corrected chi connectivity index (χ2v) is 7.08. The topological polar surface area (TPSA) is 83.3 Å². The van der Waals surface area contributed by atoms with Gasteiger partial charge in [-0.3, -0.25) is 4.57 Å². The molecule has 8 nitrogen and oxygen atoms in total. The first-order valence-electron chi connectivity index (χ1n) is 8.31. The van der Waals surface area contributed by atoms with E-state index in [4.69, 9.17) is 14.2 Å². The Morgan fingerprint density at radius 3 is 2.83 bits per heavy atom. The fourth-order valence-corrected chi connectivity index (χ4v) is 3.37. The van der Waals surface area contributed by atoms with Crippen molar-refractivity contribution >= 4 is 11.2 Å². The van der Waals surface area contributed by atoms with Gasteiger partial charge in [-0.1, -0.05) is 13.8 Å². The molecule has 0 radical (unpaired) electrons. The molecule has 0 aromatic carbocycles. The van der Waals surface area contributed by atoms with Crippen LogP contribution in [0.1, 0.15) is 33.9 Å². The van der Waals surface area contributed by atoms with E-state index >= 15 is 0 Å². The van der Waals surface area contributed by atoms with E-state index in [0.717, 1.165) is 11.2 Å². The summed E-state index contributed by atoms with van der Waals surface area (Å²) in [5.41, 5.74) is 1.47. The minimum atomic E-state index is -0.626. The average molecular weight is 333 g/mol. The Bertz CT molecular complexity index is 731. The second-order valence-electron chi connectivity index (χ2n) is 7.08. The molecule has 4 heterocycles. The lowest BCUT2D eigenvalue weighted by Gasteiger charge is -2.25. The summed E-state index contributed by atoms with van der Waals surface area (Å²) in [6.45, 7) is 8.80. The average Bonchev–Trinajstić information content (AvgIpc) is 3.16. The van der Waals surface area contributed by atoms with Gasteiger partial charge in [0.1, 0.15) is 30.2 Å². The van der Waals surface area contributed by atoms with Gasteiger partial charge in [0.2, 0.25) is 0 Å². The van der Waals surface area contributed by atoms with Gasteiger partial charge in [-0.15, -0.1) is 0 Å². The molecule has 4 rings (SSSR count). The molecule has 0 saturated carbocycles. The Labute approximate surface area is 140 Å². The highest BCUT2D eigenvalue weighted by Gasteiger charge is 2.55. The number of hydrogen-bond acceptors (Lipinski definition) is 7. The van der Waals surface area contributed by atoms with E-state index in [1.165, 1.54) is 6.33 Å². The van der Waals surface area contributed by atoms with Crippen LogP contribution in [0, 0.1) is 0 Å². The molecule has 0 amide bonds. The van der Waals surface area contributed by atoms with Crippen LogP contribution in [-0.4, -0.2) is 56.2 Å². The van der Waals surface area contributed by atoms with Gasteiger partial charge in [-0.05, 0) is 13.8 Å². The Morgan fingerprint density at radius 1 is 1.25 bits per heavy atom. The molecule has 2 aromatic rings. The molecule has 1 N–H and O–H groups in total. The molecular formula is C16H23N5O3. The van der Waals surface area contributed by atoms with Gasteiger partial charge in [0, 0.05) is 12.6 Å². The molecular weight excluding hydrogens is 310 g/mol. The first-order valence-corrected chi connectivity index (χ1v) is 8.31. The van der Waals surface area contributed by atoms with Crippen molar-refractivity contribution in [1.82, 2.24) is 24.8 Å². The smallest absolute Gasteiger partial charge is 0.166 e. The standard InChI is InChI=1S/C16H23N5O3/c1-9(2)18-6-11-12-13(24-16(3,4)23-12)15(22-11)21-8-20-10-5-17-7-19-14(10)21/h5,7-9,11-13,15,18H,6H2,1-4H3/t11-,12-,13-,15-/m1/s1. The summed E-state index contributed by atoms with van der Waals surface area (Å²) in [5.74, 6) is -0.626. The van der Waals surface area contributed by atoms with E-state index in [2.05, 4.69) is 34.1 Å². The second kappa shape index (κ2) is 5.73. The van der Waals surface area contributed by atoms with Crippen molar-refractivity contribution in [2.45, 2.75) is 64.1 Å². The minimum absolute atomic E-state index is 0.0940. The lowest BCUT2D eigenvalue weighted by Crippen LogP contribution is -2.39. The van der Waals surface area contributed by atoms with E-state index in [9.17, 15) is 0 Å². The molecule has 8 heteroatoms. The summed E-state index contributed by atoms with van der Waals surface area (Å²) in [5, 5.41) is 3.42. The molecule has 24 heavy (non-hydrogen) atoms. The Hall–Kier alpha value is -1.61. The third-order valence-corrected chi connectivity index (χ3v) is 4.37. The van der Waals surface area contributed by atoms with Crippen molar-refractivity contribution < 1.29 is 14.2 Å². The lowest BCUT2D eigenvalue weighted by molar-refractivity contribution is -0.195. The van der Waals surface area contributed by atoms with Gasteiger partial charge in [-0.2, -0.15) is 0 Å². The van der Waals surface area contributed by atoms with Crippen LogP contribution in [0.25, 0.3) is 11.2 Å². The van der Waals surface area contributed by atoms with Gasteiger partial charge >= 0.3 is 0 Å². The first kappa shape index (κ1) is 15.9. The van der Waals surface area contributed by atoms with Gasteiger partial charge < -0.3 is 19.5 Å². The molecule has 2 aliphatic heterocycles. The summed E-state index contributed by atoms with van der Waals surface area (Å²) in [7, 11) is 0. The number of aromatic nitrogens is 4. The van der Waals surface area contributed by atoms with E-state index in [1.54, 1.807) is 12.5 Å². The molecule has 0 bridgehead atoms. The Balaban J connectivity index is 1.65. The largest absolute Gasteiger partial charge is 0.348 e. The highest BCUT2D eigenvalue weighted by Crippen LogP contribution is 2.43. The number of rotatable bonds is 4. The van der Waals surface area contributed by atoms with Crippen LogP contribution in [0.15, 0.2) is 18.9 Å². The molecule has 0 aliphatic carbocycles. The van der Waals surface area contributed by atoms with Crippen LogP contribution in [-0.2, 0) is 14.2 Å². The molecule has 2 saturated heterocycles. The highest BCUT2D eigenvalue weighted by molar-refractivity contribution is 5.69. The van der Waals surface area contributed by atoms with Crippen LogP contribution in [0.5, 0.6) is 0 Å². The molecule has 0 spiro atoms. The molecule has 2 fully saturated rings. The van der Waals surface area contributed by atoms with Crippen molar-refractivity contribution in [2.24, 2.45) is 0 Å². The fraction of sp³-hybridized carbons (Fsp3) is 0.688. The number of nitrogens with one attached hydrogen (secondary N) is 1. The zero-order valence-corrected chi connectivity index (χ0v) is 14.3. The number of hydrogen-bond donors (Lipinski definition) is 1. The number of nitrogens with zero attached hydrogens (tertiary/aromatic N) is 4. The summed E-state index contributed by atoms with van der Waals surface area (Å²) in [6, 6.07) is 0.378. The summed E-state index contributed by atoms with van der Waals surface area (Å²) < 4.78 is 20.4. The maximum Gasteiger partial charge on any atom is 0.166 e. The van der Waals surface area contributed by atoms with E-state index in [-0.39, 0.29) is 24.5 Å². The van der Waals surface area contributed by atoms with Crippen LogP contribution < -0.4 is 5.32 Å². The SMILES string of the molecule is CC(C)NC[C@H]1O[C@@H](n2cnc3cncnc32)[C@@H]2OC(C)(C)O[C@@H]21. The van der Waals surface area contributed by atoms with Crippen molar-refractivity contribution in [2.75, 3.05) is 6.54 Å². The summed E-state index contributed by atoms with van der Waals surface area (Å²) in [6.07, 6.45) is 4.19. The third kappa shape index (κ3) is 2.69. The number of imidazole rings is 1. The maximum atomic E-state index is 6.27. The zero-order valence-electron chi connectivity index (χ0n) is 14.3. The zero-order chi connectivity index (χ0) is 16.9. The lowest BCUT2D eigenvalue weighted by atomic mass is 10.1. The van der Waals surface area contributed by atoms with Gasteiger partial charge in [0.05, 0.1) is 12.5 Å². The monoisotopic (exact) mass is 333 g/mol. The first-order chi connectivity index (χ1) is 11.4. The van der Waals surface area contributed by atoms with E-state index < -0.39 is 5.79 Å². The van der Waals surface area contributed by atoms with E-state index in [1.807, 2.05) is 18.4 Å². The molecule has 2 aromatic heterocycles. The summed E-state index contributed by atoms with van der Waals surface area (Å²) in [4.78, 5) is 12.7. The predicted molar refractivity (Wildman–Crippen MR) is 86.2 cm³/mol. The van der Waals surface area contributed by atoms with Gasteiger partial charge in [0.15, 0.2) is 17.7 Å². The fourth-order valence-electron chi connectivity index (χ4n) is 3.37. The molecule has 0 unspecified atom stereocenters. The van der Waals surface area contributed by atoms with Crippen molar-refractivity contribution in [3.05, 3.63) is 18.9 Å². The maximum absolute atomic E-state index is 6.27. The van der Waals surface area contributed by atoms with E-state index in [0.29, 0.717) is 12.6 Å². The summed E-state index contributed by atoms with van der Waals surface area (Å²) >= 11 is 0. The minimum Gasteiger partial charge on any atom is -0.348 e. The third-order valence-electron chi connectivity index (χ3n) is 4.37. The van der Waals surface area contributed by atoms with Crippen LogP contribution >= 0.6 is 0 Å². The Kier molecular flexibility index (Phi) is 3.80. The van der Waals surface area contributed by atoms with Crippen molar-refractivity contribution in [1.29, 1.82) is 0 Å². The van der Waals surface area contributed by atoms with Crippen LogP contribution in [0.3, 0.4) is 0 Å². The van der Waals surface area contributed by atoms with Gasteiger partial charge in [-0.25, -0.2) is 15.0 Å². The van der Waals surface area contributed by atoms with Crippen LogP contribution in [0.2, 0.25) is 0 Å². The van der Waals surface area contributed by atoms with Crippen LogP contribution in [0.4, 0.5) is 0 Å². The van der Waals surface area contributed by atoms with Gasteiger partial charge in [0.25, 0.3) is 0 Å². The number of ether oxygens (including phenoxy) is 3. The predicted octanol–water partition coefficient (Wildman–Crippen LogP) is 1.24.